The monoisotopic (exact) mass is 342 g/mol. The van der Waals surface area contributed by atoms with Crippen molar-refractivity contribution in [2.45, 2.75) is 38.1 Å². The highest BCUT2D eigenvalue weighted by Crippen LogP contribution is 2.17. The van der Waals surface area contributed by atoms with E-state index in [4.69, 9.17) is 4.74 Å². The molecule has 2 amide bonds. The highest BCUT2D eigenvalue weighted by molar-refractivity contribution is 7.85. The van der Waals surface area contributed by atoms with E-state index in [0.717, 1.165) is 0 Å². The smallest absolute Gasteiger partial charge is 0.318 e. The van der Waals surface area contributed by atoms with Crippen molar-refractivity contribution in [2.24, 2.45) is 0 Å². The zero-order valence-electron chi connectivity index (χ0n) is 13.6. The van der Waals surface area contributed by atoms with Gasteiger partial charge in [-0.3, -0.25) is 4.21 Å². The van der Waals surface area contributed by atoms with Gasteiger partial charge in [0, 0.05) is 29.1 Å². The number of hydrogen-bond donors (Lipinski definition) is 1. The number of ether oxygens (including phenoxy) is 1. The van der Waals surface area contributed by atoms with Crippen molar-refractivity contribution in [2.75, 3.05) is 18.9 Å². The minimum absolute atomic E-state index is 0.0422. The van der Waals surface area contributed by atoms with Gasteiger partial charge in [0.25, 0.3) is 0 Å². The Balaban J connectivity index is 1.85. The second-order valence-electron chi connectivity index (χ2n) is 5.82. The number of nitrogens with zero attached hydrogens (tertiary/aromatic N) is 1. The number of benzene rings is 1. The van der Waals surface area contributed by atoms with Crippen LogP contribution in [-0.2, 0) is 10.8 Å². The summed E-state index contributed by atoms with van der Waals surface area (Å²) in [6.45, 7) is 6.25. The van der Waals surface area contributed by atoms with Gasteiger partial charge in [-0.25, -0.2) is 9.18 Å². The van der Waals surface area contributed by atoms with Crippen molar-refractivity contribution in [3.63, 3.8) is 0 Å². The lowest BCUT2D eigenvalue weighted by atomic mass is 10.2. The molecule has 7 heteroatoms. The molecule has 1 fully saturated rings. The minimum Gasteiger partial charge on any atom is -0.488 e. The van der Waals surface area contributed by atoms with Gasteiger partial charge in [0.15, 0.2) is 11.6 Å². The molecule has 0 radical (unpaired) electrons. The first-order chi connectivity index (χ1) is 10.9. The number of nitrogens with one attached hydrogen (secondary N) is 1. The van der Waals surface area contributed by atoms with Crippen molar-refractivity contribution >= 4 is 16.8 Å². The van der Waals surface area contributed by atoms with E-state index in [-0.39, 0.29) is 35.7 Å². The highest BCUT2D eigenvalue weighted by Gasteiger charge is 2.33. The molecular weight excluding hydrogens is 319 g/mol. The van der Waals surface area contributed by atoms with E-state index < -0.39 is 16.6 Å². The number of para-hydroxylation sites is 1. The van der Waals surface area contributed by atoms with Crippen molar-refractivity contribution in [3.05, 3.63) is 30.1 Å². The Hall–Kier alpha value is -1.63. The number of hydrogen-bond acceptors (Lipinski definition) is 3. The minimum atomic E-state index is -0.884. The molecule has 1 aromatic rings. The molecule has 1 heterocycles. The average molecular weight is 342 g/mol. The molecule has 2 rings (SSSR count). The topological polar surface area (TPSA) is 58.6 Å². The highest BCUT2D eigenvalue weighted by atomic mass is 32.2. The number of urea groups is 1. The van der Waals surface area contributed by atoms with Gasteiger partial charge < -0.3 is 15.0 Å². The molecular formula is C16H23FN2O3S. The number of carbonyl (C=O) groups is 1. The first-order valence-electron chi connectivity index (χ1n) is 7.71. The first-order valence-corrected chi connectivity index (χ1v) is 9.10. The average Bonchev–Trinajstić information content (AvgIpc) is 2.52. The summed E-state index contributed by atoms with van der Waals surface area (Å²) in [6.07, 6.45) is 0. The summed E-state index contributed by atoms with van der Waals surface area (Å²) in [5, 5.41) is 2.80. The van der Waals surface area contributed by atoms with Crippen molar-refractivity contribution in [1.82, 2.24) is 10.2 Å². The summed E-state index contributed by atoms with van der Waals surface area (Å²) in [6, 6.07) is 5.62. The van der Waals surface area contributed by atoms with Gasteiger partial charge in [0.05, 0.1) is 11.3 Å². The van der Waals surface area contributed by atoms with Crippen LogP contribution >= 0.6 is 0 Å². The third-order valence-electron chi connectivity index (χ3n) is 4.08. The van der Waals surface area contributed by atoms with Crippen LogP contribution in [0, 0.1) is 5.82 Å². The van der Waals surface area contributed by atoms with E-state index in [1.165, 1.54) is 6.07 Å². The van der Waals surface area contributed by atoms with E-state index in [0.29, 0.717) is 12.3 Å². The molecule has 1 aromatic carbocycles. The van der Waals surface area contributed by atoms with E-state index >= 15 is 0 Å². The molecule has 0 spiro atoms. The molecule has 1 aliphatic rings. The fourth-order valence-electron chi connectivity index (χ4n) is 2.45. The largest absolute Gasteiger partial charge is 0.488 e. The Labute approximate surface area is 138 Å². The Morgan fingerprint density at radius 3 is 2.87 bits per heavy atom. The zero-order chi connectivity index (χ0) is 17.0. The standard InChI is InChI=1S/C16H23FN2O3S/c1-11(10-22-15-7-5-4-6-14(15)17)18-16(20)19-8-9-23(21)13(3)12(19)2/h4-7,11-13H,8-10H2,1-3H3,(H,18,20)/t11-,12-,13+,23-/m1/s1. The molecule has 1 N–H and O–H groups in total. The molecule has 1 aliphatic heterocycles. The molecule has 0 unspecified atom stereocenters. The summed E-state index contributed by atoms with van der Waals surface area (Å²) in [5.41, 5.74) is 0. The maximum absolute atomic E-state index is 13.5. The zero-order valence-corrected chi connectivity index (χ0v) is 14.4. The number of carbonyl (C=O) groups excluding carboxylic acids is 1. The van der Waals surface area contributed by atoms with Crippen LogP contribution in [0.1, 0.15) is 20.8 Å². The van der Waals surface area contributed by atoms with E-state index in [2.05, 4.69) is 5.32 Å². The number of amides is 2. The van der Waals surface area contributed by atoms with Crippen LogP contribution in [0.5, 0.6) is 5.75 Å². The fourth-order valence-corrected chi connectivity index (χ4v) is 3.78. The molecule has 0 bridgehead atoms. The Kier molecular flexibility index (Phi) is 5.98. The molecule has 0 aromatic heterocycles. The molecule has 5 nitrogen and oxygen atoms in total. The van der Waals surface area contributed by atoms with Gasteiger partial charge in [0.1, 0.15) is 6.61 Å². The molecule has 0 aliphatic carbocycles. The van der Waals surface area contributed by atoms with Crippen molar-refractivity contribution in [3.8, 4) is 5.75 Å². The molecule has 4 atom stereocenters. The van der Waals surface area contributed by atoms with Gasteiger partial charge in [-0.1, -0.05) is 12.1 Å². The summed E-state index contributed by atoms with van der Waals surface area (Å²) >= 11 is 0. The lowest BCUT2D eigenvalue weighted by molar-refractivity contribution is 0.170. The Morgan fingerprint density at radius 1 is 1.48 bits per heavy atom. The van der Waals surface area contributed by atoms with Crippen molar-refractivity contribution < 1.29 is 18.1 Å². The summed E-state index contributed by atoms with van der Waals surface area (Å²) in [4.78, 5) is 14.0. The number of rotatable bonds is 4. The van der Waals surface area contributed by atoms with Crippen LogP contribution < -0.4 is 10.1 Å². The summed E-state index contributed by atoms with van der Waals surface area (Å²) in [5.74, 6) is 0.245. The van der Waals surface area contributed by atoms with Crippen LogP contribution in [0.3, 0.4) is 0 Å². The third-order valence-corrected chi connectivity index (χ3v) is 5.88. The van der Waals surface area contributed by atoms with Gasteiger partial charge in [-0.2, -0.15) is 0 Å². The third kappa shape index (κ3) is 4.43. The molecule has 23 heavy (non-hydrogen) atoms. The SMILES string of the molecule is C[C@H](COc1ccccc1F)NC(=O)N1CC[S@@](=O)[C@@H](C)[C@H]1C. The maximum atomic E-state index is 13.5. The van der Waals surface area contributed by atoms with Crippen LogP contribution in [0.2, 0.25) is 0 Å². The quantitative estimate of drug-likeness (QED) is 0.912. The molecule has 128 valence electrons. The molecule has 0 saturated carbocycles. The van der Waals surface area contributed by atoms with Gasteiger partial charge in [-0.05, 0) is 32.9 Å². The fraction of sp³-hybridized carbons (Fsp3) is 0.562. The second-order valence-corrected chi connectivity index (χ2v) is 7.73. The van der Waals surface area contributed by atoms with E-state index in [1.807, 2.05) is 13.8 Å². The van der Waals surface area contributed by atoms with Gasteiger partial charge in [-0.15, -0.1) is 0 Å². The van der Waals surface area contributed by atoms with Crippen LogP contribution in [0.15, 0.2) is 24.3 Å². The lowest BCUT2D eigenvalue weighted by Gasteiger charge is -2.37. The normalized spacial score (nSPS) is 25.7. The predicted octanol–water partition coefficient (Wildman–Crippen LogP) is 2.14. The van der Waals surface area contributed by atoms with Crippen LogP contribution in [0.4, 0.5) is 9.18 Å². The van der Waals surface area contributed by atoms with Crippen LogP contribution in [0.25, 0.3) is 0 Å². The van der Waals surface area contributed by atoms with Crippen molar-refractivity contribution in [1.29, 1.82) is 0 Å². The Bertz CT molecular complexity index is 584. The predicted molar refractivity (Wildman–Crippen MR) is 88.5 cm³/mol. The summed E-state index contributed by atoms with van der Waals surface area (Å²) in [7, 11) is -0.884. The van der Waals surface area contributed by atoms with Gasteiger partial charge in [0.2, 0.25) is 0 Å². The Morgan fingerprint density at radius 2 is 2.17 bits per heavy atom. The van der Waals surface area contributed by atoms with Gasteiger partial charge >= 0.3 is 6.03 Å². The summed E-state index contributed by atoms with van der Waals surface area (Å²) < 4.78 is 30.7. The first kappa shape index (κ1) is 17.7. The maximum Gasteiger partial charge on any atom is 0.318 e. The number of halogens is 1. The van der Waals surface area contributed by atoms with Crippen LogP contribution in [-0.4, -0.2) is 51.4 Å². The second kappa shape index (κ2) is 7.77. The van der Waals surface area contributed by atoms with E-state index in [9.17, 15) is 13.4 Å². The lowest BCUT2D eigenvalue weighted by Crippen LogP contribution is -2.56. The van der Waals surface area contributed by atoms with E-state index in [1.54, 1.807) is 30.0 Å². The molecule has 1 saturated heterocycles.